The third-order valence-corrected chi connectivity index (χ3v) is 3.86. The highest BCUT2D eigenvalue weighted by molar-refractivity contribution is 5.83. The Morgan fingerprint density at radius 1 is 1.27 bits per heavy atom. The summed E-state index contributed by atoms with van der Waals surface area (Å²) in [6.45, 7) is 11.9. The van der Waals surface area contributed by atoms with Crippen molar-refractivity contribution in [2.24, 2.45) is 0 Å². The van der Waals surface area contributed by atoms with Gasteiger partial charge in [-0.05, 0) is 13.3 Å². The Morgan fingerprint density at radius 2 is 1.87 bits per heavy atom. The fourth-order valence-electron chi connectivity index (χ4n) is 2.42. The van der Waals surface area contributed by atoms with Crippen molar-refractivity contribution in [2.75, 3.05) is 11.9 Å². The fraction of sp³-hybridized carbons (Fsp3) is 0.750. The maximum absolute atomic E-state index is 14.1. The third-order valence-electron chi connectivity index (χ3n) is 3.86. The van der Waals surface area contributed by atoms with Crippen LogP contribution >= 0.6 is 0 Å². The monoisotopic (exact) mass is 433 g/mol. The fourth-order valence-corrected chi connectivity index (χ4v) is 2.42. The molecule has 4 atom stereocenters. The van der Waals surface area contributed by atoms with Gasteiger partial charge < -0.3 is 19.7 Å². The first kappa shape index (κ1) is 28.0. The summed E-state index contributed by atoms with van der Waals surface area (Å²) in [5, 5.41) is 21.6. The van der Waals surface area contributed by atoms with Crippen molar-refractivity contribution in [3.05, 3.63) is 22.5 Å². The predicted molar refractivity (Wildman–Crippen MR) is 112 cm³/mol. The molecule has 1 fully saturated rings. The molecule has 30 heavy (non-hydrogen) atoms. The molecule has 0 spiro atoms. The summed E-state index contributed by atoms with van der Waals surface area (Å²) in [5.74, 6) is -1.59. The predicted octanol–water partition coefficient (Wildman–Crippen LogP) is 3.20. The molecule has 3 N–H and O–H groups in total. The zero-order valence-electron chi connectivity index (χ0n) is 18.7. The largest absolute Gasteiger partial charge is 0.449 e. The molecule has 174 valence electrons. The van der Waals surface area contributed by atoms with Crippen LogP contribution < -0.4 is 11.0 Å². The van der Waals surface area contributed by atoms with E-state index in [0.29, 0.717) is 6.42 Å². The van der Waals surface area contributed by atoms with Crippen LogP contribution in [0.15, 0.2) is 11.0 Å². The van der Waals surface area contributed by atoms with Crippen molar-refractivity contribution in [2.45, 2.75) is 91.8 Å². The van der Waals surface area contributed by atoms with E-state index in [1.54, 1.807) is 0 Å². The lowest BCUT2D eigenvalue weighted by atomic mass is 10.1. The number of nitrogens with one attached hydrogen (secondary N) is 1. The number of aliphatic hydroxyl groups excluding tert-OH is 2. The van der Waals surface area contributed by atoms with Crippen molar-refractivity contribution in [1.29, 1.82) is 0 Å². The normalized spacial score (nSPS) is 22.3. The number of unbranched alkanes of at least 4 members (excludes halogenated alkanes) is 2. The molecule has 1 aromatic rings. The van der Waals surface area contributed by atoms with Gasteiger partial charge in [0, 0.05) is 0 Å². The minimum atomic E-state index is -1.41. The van der Waals surface area contributed by atoms with E-state index < -0.39 is 48.0 Å². The van der Waals surface area contributed by atoms with E-state index in [0.717, 1.165) is 23.6 Å². The third kappa shape index (κ3) is 8.37. The van der Waals surface area contributed by atoms with Gasteiger partial charge in [-0.15, -0.1) is 0 Å². The lowest BCUT2D eigenvalue weighted by Crippen LogP contribution is -2.36. The molecule has 1 saturated heterocycles. The molecule has 0 saturated carbocycles. The van der Waals surface area contributed by atoms with Crippen LogP contribution in [0.1, 0.15) is 73.5 Å². The molecule has 0 aromatic carbocycles. The van der Waals surface area contributed by atoms with Crippen LogP contribution in [0.2, 0.25) is 0 Å². The maximum Gasteiger partial charge on any atom is 0.412 e. The molecule has 1 amide bonds. The van der Waals surface area contributed by atoms with Crippen molar-refractivity contribution in [3.8, 4) is 0 Å². The van der Waals surface area contributed by atoms with Crippen molar-refractivity contribution in [1.82, 2.24) is 9.55 Å². The van der Waals surface area contributed by atoms with Crippen LogP contribution in [0, 0.1) is 5.82 Å². The number of ether oxygens (including phenoxy) is 2. The number of aromatic nitrogens is 2. The summed E-state index contributed by atoms with van der Waals surface area (Å²) in [4.78, 5) is 27.0. The van der Waals surface area contributed by atoms with Crippen LogP contribution in [0.3, 0.4) is 0 Å². The summed E-state index contributed by atoms with van der Waals surface area (Å²) < 4.78 is 24.9. The van der Waals surface area contributed by atoms with Crippen molar-refractivity contribution >= 4 is 11.9 Å². The number of carbonyl (C=O) groups is 1. The Morgan fingerprint density at radius 3 is 2.37 bits per heavy atom. The highest BCUT2D eigenvalue weighted by atomic mass is 19.1. The van der Waals surface area contributed by atoms with E-state index in [2.05, 4.69) is 24.1 Å². The summed E-state index contributed by atoms with van der Waals surface area (Å²) in [6.07, 6.45) is -1.00. The van der Waals surface area contributed by atoms with E-state index in [-0.39, 0.29) is 6.61 Å². The number of hydrogen-bond donors (Lipinski definition) is 3. The van der Waals surface area contributed by atoms with E-state index >= 15 is 0 Å². The molecule has 2 heterocycles. The van der Waals surface area contributed by atoms with Crippen LogP contribution in [0.25, 0.3) is 0 Å². The number of halogens is 1. The number of carbonyl (C=O) groups excluding carboxylic acids is 1. The smallest absolute Gasteiger partial charge is 0.412 e. The molecule has 1 aliphatic heterocycles. The van der Waals surface area contributed by atoms with Gasteiger partial charge in [-0.1, -0.05) is 53.9 Å². The molecule has 0 radical (unpaired) electrons. The molecule has 10 heteroatoms. The second kappa shape index (κ2) is 14.9. The zero-order chi connectivity index (χ0) is 23.3. The first-order valence-electron chi connectivity index (χ1n) is 10.5. The lowest BCUT2D eigenvalue weighted by Gasteiger charge is -2.17. The number of amides is 1. The Labute approximate surface area is 177 Å². The van der Waals surface area contributed by atoms with Gasteiger partial charge >= 0.3 is 11.8 Å². The van der Waals surface area contributed by atoms with Gasteiger partial charge in [0.15, 0.2) is 17.9 Å². The van der Waals surface area contributed by atoms with Crippen LogP contribution in [-0.4, -0.2) is 50.8 Å². The molecule has 0 unspecified atom stereocenters. The van der Waals surface area contributed by atoms with E-state index in [1.807, 2.05) is 20.8 Å². The number of hydrogen-bond acceptors (Lipinski definition) is 7. The summed E-state index contributed by atoms with van der Waals surface area (Å²) in [6, 6.07) is 0. The van der Waals surface area contributed by atoms with Crippen LogP contribution in [-0.2, 0) is 9.47 Å². The molecule has 2 rings (SSSR count). The summed E-state index contributed by atoms with van der Waals surface area (Å²) in [7, 11) is 0. The number of nitrogens with zero attached hydrogens (tertiary/aromatic N) is 2. The van der Waals surface area contributed by atoms with Crippen LogP contribution in [0.5, 0.6) is 0 Å². The Balaban J connectivity index is 0.00000154. The van der Waals surface area contributed by atoms with Crippen LogP contribution in [0.4, 0.5) is 15.0 Å². The minimum Gasteiger partial charge on any atom is -0.449 e. The quantitative estimate of drug-likeness (QED) is 0.589. The first-order valence-corrected chi connectivity index (χ1v) is 10.5. The number of aliphatic hydroxyl groups is 2. The average Bonchev–Trinajstić information content (AvgIpc) is 2.97. The van der Waals surface area contributed by atoms with E-state index in [9.17, 15) is 24.2 Å². The molecule has 0 aliphatic carbocycles. The lowest BCUT2D eigenvalue weighted by molar-refractivity contribution is -0.0355. The summed E-state index contributed by atoms with van der Waals surface area (Å²) >= 11 is 0. The molecular formula is C20H36FN3O6. The van der Waals surface area contributed by atoms with Gasteiger partial charge in [-0.2, -0.15) is 4.98 Å². The number of anilines is 1. The topological polar surface area (TPSA) is 123 Å². The number of rotatable bonds is 6. The summed E-state index contributed by atoms with van der Waals surface area (Å²) in [5.41, 5.74) is -0.951. The SMILES string of the molecule is CC.CCC.CCCCCOC(=O)Nc1nc(=O)n([C@@H]2O[C@H](C)[C@@H](O)[C@H]2O)cc1F. The first-order chi connectivity index (χ1) is 14.3. The molecular weight excluding hydrogens is 397 g/mol. The van der Waals surface area contributed by atoms with Gasteiger partial charge in [-0.25, -0.2) is 14.0 Å². The van der Waals surface area contributed by atoms with Gasteiger partial charge in [0.25, 0.3) is 0 Å². The van der Waals surface area contributed by atoms with Gasteiger partial charge in [-0.3, -0.25) is 9.88 Å². The van der Waals surface area contributed by atoms with Crippen molar-refractivity contribution < 1.29 is 28.9 Å². The Hall–Kier alpha value is -2.04. The second-order valence-electron chi connectivity index (χ2n) is 6.52. The van der Waals surface area contributed by atoms with E-state index in [4.69, 9.17) is 9.47 Å². The molecule has 1 aromatic heterocycles. The van der Waals surface area contributed by atoms with E-state index in [1.165, 1.54) is 13.3 Å². The Bertz CT molecular complexity index is 685. The maximum atomic E-state index is 14.1. The van der Waals surface area contributed by atoms with Gasteiger partial charge in [0.1, 0.15) is 12.2 Å². The highest BCUT2D eigenvalue weighted by Gasteiger charge is 2.42. The Kier molecular flexibility index (Phi) is 13.9. The van der Waals surface area contributed by atoms with Gasteiger partial charge in [0.2, 0.25) is 0 Å². The molecule has 9 nitrogen and oxygen atoms in total. The standard InChI is InChI=1S/C15H22FN3O6.C3H8.C2H6/c1-3-4-5-6-24-15(23)18-12-9(16)7-19(14(22)17-12)13-11(21)10(20)8(2)25-13;1-3-2;1-2/h7-8,10-11,13,20-21H,3-6H2,1-2H3,(H,17,18,22,23);3H2,1-2H3;1-2H3/t8-,10-,11-,13-;;/m1../s1. The van der Waals surface area contributed by atoms with Crippen molar-refractivity contribution in [3.63, 3.8) is 0 Å². The molecule has 0 bridgehead atoms. The van der Waals surface area contributed by atoms with Gasteiger partial charge in [0.05, 0.1) is 18.9 Å². The minimum absolute atomic E-state index is 0.177. The highest BCUT2D eigenvalue weighted by Crippen LogP contribution is 2.28. The molecule has 1 aliphatic rings. The second-order valence-corrected chi connectivity index (χ2v) is 6.52. The average molecular weight is 434 g/mol. The zero-order valence-corrected chi connectivity index (χ0v) is 18.7.